The predicted molar refractivity (Wildman–Crippen MR) is 90.4 cm³/mol. The molecule has 0 fully saturated rings. The fourth-order valence-electron chi connectivity index (χ4n) is 2.18. The summed E-state index contributed by atoms with van der Waals surface area (Å²) in [5.74, 6) is -0.277. The Labute approximate surface area is 145 Å². The van der Waals surface area contributed by atoms with Crippen LogP contribution in [-0.2, 0) is 6.54 Å². The Morgan fingerprint density at radius 2 is 2.21 bits per heavy atom. The number of nitrogens with zero attached hydrogens (tertiary/aromatic N) is 5. The topological polar surface area (TPSA) is 103 Å². The molecule has 0 aliphatic heterocycles. The van der Waals surface area contributed by atoms with Crippen molar-refractivity contribution in [3.8, 4) is 0 Å². The zero-order chi connectivity index (χ0) is 17.1. The Morgan fingerprint density at radius 1 is 1.38 bits per heavy atom. The smallest absolute Gasteiger partial charge is 0.279 e. The molecule has 0 aliphatic rings. The zero-order valence-corrected chi connectivity index (χ0v) is 14.3. The lowest BCUT2D eigenvalue weighted by Crippen LogP contribution is -2.29. The molecule has 124 valence electrons. The van der Waals surface area contributed by atoms with Crippen molar-refractivity contribution >= 4 is 39.9 Å². The molecular formula is C14H13ClN6O2S. The molecule has 8 nitrogen and oxygen atoms in total. The van der Waals surface area contributed by atoms with Crippen LogP contribution in [0, 0.1) is 6.92 Å². The number of fused-ring (bicyclic) bond motifs is 1. The molecule has 0 saturated carbocycles. The van der Waals surface area contributed by atoms with E-state index >= 15 is 0 Å². The highest BCUT2D eigenvalue weighted by Crippen LogP contribution is 2.17. The lowest BCUT2D eigenvalue weighted by Gasteiger charge is -2.06. The maximum atomic E-state index is 12.4. The maximum Gasteiger partial charge on any atom is 0.279 e. The summed E-state index contributed by atoms with van der Waals surface area (Å²) in [6.07, 6.45) is 0.521. The van der Waals surface area contributed by atoms with Crippen molar-refractivity contribution in [1.29, 1.82) is 0 Å². The summed E-state index contributed by atoms with van der Waals surface area (Å²) < 4.78 is 4.97. The van der Waals surface area contributed by atoms with Crippen LogP contribution in [0.25, 0.3) is 10.9 Å². The normalized spacial score (nSPS) is 10.9. The second kappa shape index (κ2) is 7.02. The van der Waals surface area contributed by atoms with Gasteiger partial charge in [-0.15, -0.1) is 10.2 Å². The lowest BCUT2D eigenvalue weighted by molar-refractivity contribution is 0.0947. The van der Waals surface area contributed by atoms with Gasteiger partial charge >= 0.3 is 0 Å². The number of aryl methyl sites for hydroxylation is 2. The number of benzene rings is 1. The molecule has 1 N–H and O–H groups in total. The van der Waals surface area contributed by atoms with Crippen LogP contribution < -0.4 is 10.9 Å². The van der Waals surface area contributed by atoms with Crippen molar-refractivity contribution in [3.05, 3.63) is 44.1 Å². The predicted octanol–water partition coefficient (Wildman–Crippen LogP) is 1.42. The van der Waals surface area contributed by atoms with Crippen LogP contribution in [-0.4, -0.2) is 37.0 Å². The Bertz CT molecular complexity index is 954. The Morgan fingerprint density at radius 3 is 2.96 bits per heavy atom. The van der Waals surface area contributed by atoms with E-state index in [1.807, 2.05) is 0 Å². The molecule has 2 aromatic heterocycles. The Kier molecular flexibility index (Phi) is 4.81. The number of hydrogen-bond donors (Lipinski definition) is 1. The Hall–Kier alpha value is -2.39. The maximum absolute atomic E-state index is 12.4. The van der Waals surface area contributed by atoms with E-state index in [-0.39, 0.29) is 11.5 Å². The van der Waals surface area contributed by atoms with Gasteiger partial charge < -0.3 is 5.32 Å². The molecule has 3 aromatic rings. The number of amides is 1. The van der Waals surface area contributed by atoms with E-state index in [0.717, 1.165) is 4.88 Å². The molecule has 0 aliphatic carbocycles. The van der Waals surface area contributed by atoms with Crippen LogP contribution in [0.1, 0.15) is 21.8 Å². The van der Waals surface area contributed by atoms with E-state index in [4.69, 9.17) is 11.6 Å². The summed E-state index contributed by atoms with van der Waals surface area (Å²) in [6.45, 7) is 2.49. The fourth-order valence-corrected chi connectivity index (χ4v) is 2.90. The third-order valence-electron chi connectivity index (χ3n) is 3.40. The van der Waals surface area contributed by atoms with Crippen molar-refractivity contribution in [2.24, 2.45) is 0 Å². The minimum absolute atomic E-state index is 0.277. The summed E-state index contributed by atoms with van der Waals surface area (Å²) in [7, 11) is 0. The van der Waals surface area contributed by atoms with Gasteiger partial charge in [-0.25, -0.2) is 4.68 Å². The third kappa shape index (κ3) is 3.26. The van der Waals surface area contributed by atoms with Gasteiger partial charge in [0.2, 0.25) is 0 Å². The largest absolute Gasteiger partial charge is 0.351 e. The van der Waals surface area contributed by atoms with Gasteiger partial charge in [0.25, 0.3) is 11.5 Å². The first kappa shape index (κ1) is 16.5. The first-order valence-corrected chi connectivity index (χ1v) is 8.32. The molecule has 1 aromatic carbocycles. The molecule has 0 unspecified atom stereocenters. The number of carbonyl (C=O) groups is 1. The minimum Gasteiger partial charge on any atom is -0.351 e. The van der Waals surface area contributed by atoms with Gasteiger partial charge in [0, 0.05) is 13.1 Å². The molecule has 0 atom stereocenters. The molecule has 24 heavy (non-hydrogen) atoms. The molecule has 0 radical (unpaired) electrons. The second-order valence-corrected chi connectivity index (χ2v) is 6.40. The molecule has 3 rings (SSSR count). The SMILES string of the molecule is Cc1snnc1C(=O)NCCCn1nnc2cccc(Cl)c2c1=O. The number of nitrogens with one attached hydrogen (secondary N) is 1. The summed E-state index contributed by atoms with van der Waals surface area (Å²) in [5, 5.41) is 15.1. The van der Waals surface area contributed by atoms with Gasteiger partial charge in [0.05, 0.1) is 15.3 Å². The molecule has 1 amide bonds. The molecular weight excluding hydrogens is 352 g/mol. The summed E-state index contributed by atoms with van der Waals surface area (Å²) >= 11 is 7.23. The molecule has 10 heteroatoms. The van der Waals surface area contributed by atoms with Crippen LogP contribution in [0.5, 0.6) is 0 Å². The Balaban J connectivity index is 1.63. The van der Waals surface area contributed by atoms with Gasteiger partial charge in [0.15, 0.2) is 5.69 Å². The van der Waals surface area contributed by atoms with E-state index in [0.29, 0.717) is 41.1 Å². The molecule has 0 saturated heterocycles. The van der Waals surface area contributed by atoms with Crippen LogP contribution in [0.3, 0.4) is 0 Å². The first-order chi connectivity index (χ1) is 11.6. The number of rotatable bonds is 5. The second-order valence-electron chi connectivity index (χ2n) is 5.04. The fraction of sp³-hybridized carbons (Fsp3) is 0.286. The summed E-state index contributed by atoms with van der Waals surface area (Å²) in [4.78, 5) is 25.0. The van der Waals surface area contributed by atoms with Gasteiger partial charge in [-0.2, -0.15) is 0 Å². The van der Waals surface area contributed by atoms with E-state index in [1.54, 1.807) is 25.1 Å². The number of carbonyl (C=O) groups excluding carboxylic acids is 1. The van der Waals surface area contributed by atoms with E-state index in [1.165, 1.54) is 16.2 Å². The summed E-state index contributed by atoms with van der Waals surface area (Å²) in [5.41, 5.74) is 0.495. The van der Waals surface area contributed by atoms with Gasteiger partial charge in [-0.05, 0) is 37.0 Å². The lowest BCUT2D eigenvalue weighted by atomic mass is 10.2. The van der Waals surface area contributed by atoms with E-state index < -0.39 is 0 Å². The van der Waals surface area contributed by atoms with Gasteiger partial charge in [-0.3, -0.25) is 9.59 Å². The van der Waals surface area contributed by atoms with Crippen LogP contribution in [0.2, 0.25) is 5.02 Å². The van der Waals surface area contributed by atoms with Crippen molar-refractivity contribution in [2.45, 2.75) is 19.9 Å². The highest BCUT2D eigenvalue weighted by molar-refractivity contribution is 7.05. The van der Waals surface area contributed by atoms with Crippen LogP contribution in [0.15, 0.2) is 23.0 Å². The number of hydrogen-bond acceptors (Lipinski definition) is 7. The van der Waals surface area contributed by atoms with Gasteiger partial charge in [-0.1, -0.05) is 27.4 Å². The third-order valence-corrected chi connectivity index (χ3v) is 4.35. The average molecular weight is 365 g/mol. The highest BCUT2D eigenvalue weighted by Gasteiger charge is 2.13. The van der Waals surface area contributed by atoms with Crippen LogP contribution >= 0.6 is 23.1 Å². The van der Waals surface area contributed by atoms with Crippen molar-refractivity contribution in [3.63, 3.8) is 0 Å². The highest BCUT2D eigenvalue weighted by atomic mass is 35.5. The average Bonchev–Trinajstić information content (AvgIpc) is 2.99. The van der Waals surface area contributed by atoms with Crippen LogP contribution in [0.4, 0.5) is 0 Å². The quantitative estimate of drug-likeness (QED) is 0.687. The number of aromatic nitrogens is 5. The number of halogens is 1. The first-order valence-electron chi connectivity index (χ1n) is 7.17. The monoisotopic (exact) mass is 364 g/mol. The van der Waals surface area contributed by atoms with E-state index in [9.17, 15) is 9.59 Å². The molecule has 0 spiro atoms. The molecule has 2 heterocycles. The van der Waals surface area contributed by atoms with Gasteiger partial charge in [0.1, 0.15) is 5.52 Å². The van der Waals surface area contributed by atoms with Crippen molar-refractivity contribution in [1.82, 2.24) is 29.9 Å². The zero-order valence-electron chi connectivity index (χ0n) is 12.7. The standard InChI is InChI=1S/C14H13ClN6O2S/c1-8-12(18-20-24-8)13(22)16-6-3-7-21-14(23)11-9(15)4-2-5-10(11)17-19-21/h2,4-5H,3,6-7H2,1H3,(H,16,22). The minimum atomic E-state index is -0.295. The molecule has 0 bridgehead atoms. The van der Waals surface area contributed by atoms with Crippen molar-refractivity contribution in [2.75, 3.05) is 6.54 Å². The van der Waals surface area contributed by atoms with Crippen molar-refractivity contribution < 1.29 is 4.79 Å². The summed E-state index contributed by atoms with van der Waals surface area (Å²) in [6, 6.07) is 5.04. The van der Waals surface area contributed by atoms with E-state index in [2.05, 4.69) is 25.2 Å².